The van der Waals surface area contributed by atoms with E-state index >= 15 is 0 Å². The van der Waals surface area contributed by atoms with Crippen LogP contribution in [0.3, 0.4) is 0 Å². The molecule has 0 saturated heterocycles. The minimum Gasteiger partial charge on any atom is -0.384 e. The summed E-state index contributed by atoms with van der Waals surface area (Å²) in [7, 11) is 0. The predicted molar refractivity (Wildman–Crippen MR) is 37.4 cm³/mol. The molecule has 0 aromatic heterocycles. The van der Waals surface area contributed by atoms with E-state index in [9.17, 15) is 4.79 Å². The molecule has 1 rings (SSSR count). The lowest BCUT2D eigenvalue weighted by molar-refractivity contribution is -0.133. The fourth-order valence-corrected chi connectivity index (χ4v) is 1.08. The Kier molecular flexibility index (Phi) is 2.40. The normalized spacial score (nSPS) is 21.8. The van der Waals surface area contributed by atoms with Crippen molar-refractivity contribution in [1.82, 2.24) is 0 Å². The molecular formula is C7H13NO2. The molecule has 1 fully saturated rings. The second-order valence-electron chi connectivity index (χ2n) is 2.78. The van der Waals surface area contributed by atoms with Crippen molar-refractivity contribution < 1.29 is 9.90 Å². The summed E-state index contributed by atoms with van der Waals surface area (Å²) in [6.45, 7) is 0.0648. The minimum atomic E-state index is -0.912. The van der Waals surface area contributed by atoms with Crippen LogP contribution in [0, 0.1) is 5.92 Å². The Morgan fingerprint density at radius 2 is 2.30 bits per heavy atom. The van der Waals surface area contributed by atoms with E-state index in [0.29, 0.717) is 0 Å². The molecule has 0 amide bonds. The topological polar surface area (TPSA) is 63.3 Å². The molecule has 3 N–H and O–H groups in total. The minimum absolute atomic E-state index is 0.0613. The average Bonchev–Trinajstić information content (AvgIpc) is 1.82. The lowest BCUT2D eigenvalue weighted by atomic mass is 9.80. The third-order valence-electron chi connectivity index (χ3n) is 2.06. The molecule has 0 aromatic rings. The highest BCUT2D eigenvalue weighted by atomic mass is 16.3. The lowest BCUT2D eigenvalue weighted by Crippen LogP contribution is -2.36. The molecule has 10 heavy (non-hydrogen) atoms. The van der Waals surface area contributed by atoms with E-state index in [1.54, 1.807) is 0 Å². The average molecular weight is 143 g/mol. The molecule has 0 bridgehead atoms. The number of hydrogen-bond donors (Lipinski definition) is 2. The number of carbonyl (C=O) groups is 1. The Labute approximate surface area is 60.2 Å². The zero-order chi connectivity index (χ0) is 7.56. The Hall–Kier alpha value is -0.410. The SMILES string of the molecule is NCC(O)C(=O)C1CCC1. The van der Waals surface area contributed by atoms with Crippen LogP contribution in [0.5, 0.6) is 0 Å². The summed E-state index contributed by atoms with van der Waals surface area (Å²) in [5.74, 6) is 0.0484. The highest BCUT2D eigenvalue weighted by molar-refractivity contribution is 5.85. The van der Waals surface area contributed by atoms with E-state index in [0.717, 1.165) is 19.3 Å². The van der Waals surface area contributed by atoms with Gasteiger partial charge in [-0.15, -0.1) is 0 Å². The zero-order valence-electron chi connectivity index (χ0n) is 5.92. The van der Waals surface area contributed by atoms with Crippen LogP contribution in [0.2, 0.25) is 0 Å². The first-order valence-electron chi connectivity index (χ1n) is 3.67. The molecule has 1 saturated carbocycles. The first-order chi connectivity index (χ1) is 4.75. The fourth-order valence-electron chi connectivity index (χ4n) is 1.08. The van der Waals surface area contributed by atoms with Crippen molar-refractivity contribution in [3.63, 3.8) is 0 Å². The van der Waals surface area contributed by atoms with Crippen molar-refractivity contribution in [3.05, 3.63) is 0 Å². The van der Waals surface area contributed by atoms with Gasteiger partial charge in [-0.05, 0) is 12.8 Å². The largest absolute Gasteiger partial charge is 0.384 e. The van der Waals surface area contributed by atoms with Crippen molar-refractivity contribution in [1.29, 1.82) is 0 Å². The number of rotatable bonds is 3. The van der Waals surface area contributed by atoms with E-state index in [2.05, 4.69) is 0 Å². The van der Waals surface area contributed by atoms with E-state index in [1.165, 1.54) is 0 Å². The summed E-state index contributed by atoms with van der Waals surface area (Å²) in [4.78, 5) is 11.0. The molecule has 1 atom stereocenters. The van der Waals surface area contributed by atoms with E-state index < -0.39 is 6.10 Å². The summed E-state index contributed by atoms with van der Waals surface area (Å²) in [5, 5.41) is 8.99. The summed E-state index contributed by atoms with van der Waals surface area (Å²) < 4.78 is 0. The number of carbonyl (C=O) groups excluding carboxylic acids is 1. The maximum Gasteiger partial charge on any atom is 0.165 e. The van der Waals surface area contributed by atoms with Crippen LogP contribution in [-0.2, 0) is 4.79 Å². The van der Waals surface area contributed by atoms with Crippen LogP contribution in [-0.4, -0.2) is 23.5 Å². The van der Waals surface area contributed by atoms with Gasteiger partial charge in [-0.2, -0.15) is 0 Å². The lowest BCUT2D eigenvalue weighted by Gasteiger charge is -2.25. The van der Waals surface area contributed by atoms with Crippen LogP contribution >= 0.6 is 0 Å². The highest BCUT2D eigenvalue weighted by Crippen LogP contribution is 2.27. The van der Waals surface area contributed by atoms with E-state index in [-0.39, 0.29) is 18.2 Å². The number of Topliss-reactive ketones (excluding diaryl/α,β-unsaturated/α-hetero) is 1. The van der Waals surface area contributed by atoms with Gasteiger partial charge in [-0.25, -0.2) is 0 Å². The molecule has 0 aliphatic heterocycles. The second kappa shape index (κ2) is 3.12. The number of nitrogens with two attached hydrogens (primary N) is 1. The Morgan fingerprint density at radius 3 is 2.60 bits per heavy atom. The van der Waals surface area contributed by atoms with Gasteiger partial charge < -0.3 is 10.8 Å². The molecule has 0 radical (unpaired) electrons. The molecule has 3 nitrogen and oxygen atoms in total. The van der Waals surface area contributed by atoms with Crippen LogP contribution in [0.15, 0.2) is 0 Å². The number of ketones is 1. The van der Waals surface area contributed by atoms with Gasteiger partial charge in [0.15, 0.2) is 5.78 Å². The monoisotopic (exact) mass is 143 g/mol. The van der Waals surface area contributed by atoms with Crippen molar-refractivity contribution >= 4 is 5.78 Å². The van der Waals surface area contributed by atoms with Crippen LogP contribution < -0.4 is 5.73 Å². The fraction of sp³-hybridized carbons (Fsp3) is 0.857. The van der Waals surface area contributed by atoms with Gasteiger partial charge in [0.2, 0.25) is 0 Å². The Morgan fingerprint density at radius 1 is 1.70 bits per heavy atom. The van der Waals surface area contributed by atoms with Crippen LogP contribution in [0.1, 0.15) is 19.3 Å². The molecule has 0 aromatic carbocycles. The molecule has 0 heterocycles. The second-order valence-corrected chi connectivity index (χ2v) is 2.78. The van der Waals surface area contributed by atoms with Gasteiger partial charge in [-0.1, -0.05) is 6.42 Å². The maximum atomic E-state index is 11.0. The molecule has 1 aliphatic carbocycles. The molecule has 58 valence electrons. The summed E-state index contributed by atoms with van der Waals surface area (Å²) in [5.41, 5.74) is 5.12. The van der Waals surface area contributed by atoms with Gasteiger partial charge in [-0.3, -0.25) is 4.79 Å². The molecule has 1 unspecified atom stereocenters. The van der Waals surface area contributed by atoms with Gasteiger partial charge >= 0.3 is 0 Å². The van der Waals surface area contributed by atoms with Gasteiger partial charge in [0.1, 0.15) is 6.10 Å². The highest BCUT2D eigenvalue weighted by Gasteiger charge is 2.28. The van der Waals surface area contributed by atoms with Gasteiger partial charge in [0.25, 0.3) is 0 Å². The Balaban J connectivity index is 2.32. The third kappa shape index (κ3) is 1.36. The summed E-state index contributed by atoms with van der Waals surface area (Å²) in [6, 6.07) is 0. The predicted octanol–water partition coefficient (Wildman–Crippen LogP) is -0.325. The smallest absolute Gasteiger partial charge is 0.165 e. The van der Waals surface area contributed by atoms with Gasteiger partial charge in [0.05, 0.1) is 0 Å². The van der Waals surface area contributed by atoms with E-state index in [1.807, 2.05) is 0 Å². The quantitative estimate of drug-likeness (QED) is 0.569. The number of aliphatic hydroxyl groups excluding tert-OH is 1. The van der Waals surface area contributed by atoms with Crippen molar-refractivity contribution in [2.75, 3.05) is 6.54 Å². The van der Waals surface area contributed by atoms with Crippen LogP contribution in [0.4, 0.5) is 0 Å². The van der Waals surface area contributed by atoms with Crippen molar-refractivity contribution in [2.45, 2.75) is 25.4 Å². The van der Waals surface area contributed by atoms with Crippen molar-refractivity contribution in [3.8, 4) is 0 Å². The van der Waals surface area contributed by atoms with Crippen molar-refractivity contribution in [2.24, 2.45) is 11.7 Å². The molecule has 0 spiro atoms. The first kappa shape index (κ1) is 7.69. The van der Waals surface area contributed by atoms with Gasteiger partial charge in [0, 0.05) is 12.5 Å². The summed E-state index contributed by atoms with van der Waals surface area (Å²) in [6.07, 6.45) is 2.09. The maximum absolute atomic E-state index is 11.0. The van der Waals surface area contributed by atoms with Crippen LogP contribution in [0.25, 0.3) is 0 Å². The molecule has 3 heteroatoms. The first-order valence-corrected chi connectivity index (χ1v) is 3.67. The molecule has 1 aliphatic rings. The Bertz CT molecular complexity index is 125. The van der Waals surface area contributed by atoms with E-state index in [4.69, 9.17) is 10.8 Å². The third-order valence-corrected chi connectivity index (χ3v) is 2.06. The zero-order valence-corrected chi connectivity index (χ0v) is 5.92. The summed E-state index contributed by atoms with van der Waals surface area (Å²) >= 11 is 0. The number of aliphatic hydroxyl groups is 1. The standard InChI is InChI=1S/C7H13NO2/c8-4-6(9)7(10)5-2-1-3-5/h5-6,9H,1-4,8H2. The number of hydrogen-bond acceptors (Lipinski definition) is 3. The molecular weight excluding hydrogens is 130 g/mol.